The lowest BCUT2D eigenvalue weighted by Crippen LogP contribution is -2.38. The largest absolute Gasteiger partial charge is 0.503 e. The normalized spacial score (nSPS) is 17.5. The van der Waals surface area contributed by atoms with Crippen LogP contribution in [-0.2, 0) is 4.79 Å². The number of carbonyl (C=O) groups excluding carboxylic acids is 2. The summed E-state index contributed by atoms with van der Waals surface area (Å²) in [6.45, 7) is 0.300. The van der Waals surface area contributed by atoms with Crippen LogP contribution in [0.1, 0.15) is 33.8 Å². The van der Waals surface area contributed by atoms with Crippen molar-refractivity contribution in [2.24, 2.45) is 0 Å². The maximum absolute atomic E-state index is 13.2. The van der Waals surface area contributed by atoms with Crippen molar-refractivity contribution in [2.75, 3.05) is 20.6 Å². The van der Waals surface area contributed by atoms with Crippen molar-refractivity contribution >= 4 is 11.7 Å². The van der Waals surface area contributed by atoms with E-state index in [1.54, 1.807) is 11.0 Å². The molecule has 6 nitrogen and oxygen atoms in total. The van der Waals surface area contributed by atoms with E-state index in [1.165, 1.54) is 12.3 Å². The Morgan fingerprint density at radius 3 is 2.26 bits per heavy atom. The molecule has 0 aliphatic carbocycles. The third kappa shape index (κ3) is 3.90. The van der Waals surface area contributed by atoms with Crippen LogP contribution in [0.4, 0.5) is 0 Å². The zero-order valence-corrected chi connectivity index (χ0v) is 17.4. The van der Waals surface area contributed by atoms with E-state index in [2.05, 4.69) is 0 Å². The molecule has 1 amide bonds. The van der Waals surface area contributed by atoms with Crippen molar-refractivity contribution in [3.05, 3.63) is 107 Å². The van der Waals surface area contributed by atoms with E-state index in [0.29, 0.717) is 6.54 Å². The minimum absolute atomic E-state index is 0.0386. The summed E-state index contributed by atoms with van der Waals surface area (Å²) in [5.74, 6) is -1.50. The predicted molar refractivity (Wildman–Crippen MR) is 116 cm³/mol. The Labute approximate surface area is 181 Å². The molecule has 2 atom stereocenters. The molecule has 2 aromatic carbocycles. The minimum atomic E-state index is -0.711. The van der Waals surface area contributed by atoms with Crippen molar-refractivity contribution in [3.63, 3.8) is 0 Å². The molecular weight excluding hydrogens is 392 g/mol. The molecule has 0 saturated heterocycles. The Balaban J connectivity index is 1.77. The lowest BCUT2D eigenvalue weighted by atomic mass is 9.94. The molecule has 0 spiro atoms. The summed E-state index contributed by atoms with van der Waals surface area (Å²) in [5.41, 5.74) is 1.83. The highest BCUT2D eigenvalue weighted by atomic mass is 16.3. The van der Waals surface area contributed by atoms with Gasteiger partial charge in [-0.05, 0) is 37.4 Å². The molecule has 2 heterocycles. The van der Waals surface area contributed by atoms with Crippen molar-refractivity contribution in [3.8, 4) is 0 Å². The van der Waals surface area contributed by atoms with Crippen molar-refractivity contribution in [1.82, 2.24) is 9.80 Å². The summed E-state index contributed by atoms with van der Waals surface area (Å²) in [6, 6.07) is 21.4. The van der Waals surface area contributed by atoms with Crippen molar-refractivity contribution < 1.29 is 19.1 Å². The van der Waals surface area contributed by atoms with E-state index in [9.17, 15) is 14.7 Å². The molecule has 1 aromatic heterocycles. The predicted octanol–water partition coefficient (Wildman–Crippen LogP) is 4.16. The molecule has 6 heteroatoms. The quantitative estimate of drug-likeness (QED) is 0.586. The zero-order valence-electron chi connectivity index (χ0n) is 17.4. The monoisotopic (exact) mass is 416 g/mol. The van der Waals surface area contributed by atoms with Gasteiger partial charge in [-0.15, -0.1) is 0 Å². The molecule has 3 aromatic rings. The lowest BCUT2D eigenvalue weighted by molar-refractivity contribution is -0.130. The highest BCUT2D eigenvalue weighted by molar-refractivity contribution is 6.15. The number of nitrogens with zero attached hydrogens (tertiary/aromatic N) is 2. The van der Waals surface area contributed by atoms with E-state index >= 15 is 0 Å². The van der Waals surface area contributed by atoms with Gasteiger partial charge in [0.05, 0.1) is 23.9 Å². The van der Waals surface area contributed by atoms with E-state index in [-0.39, 0.29) is 17.4 Å². The van der Waals surface area contributed by atoms with Gasteiger partial charge in [-0.2, -0.15) is 0 Å². The number of amides is 1. The number of likely N-dealkylation sites (N-methyl/N-ethyl adjacent to an activating group) is 1. The number of hydrogen-bond acceptors (Lipinski definition) is 5. The Kier molecular flexibility index (Phi) is 5.73. The molecule has 158 valence electrons. The zero-order chi connectivity index (χ0) is 22.0. The van der Waals surface area contributed by atoms with Gasteiger partial charge in [-0.1, -0.05) is 60.7 Å². The van der Waals surface area contributed by atoms with Gasteiger partial charge in [0.1, 0.15) is 0 Å². The number of rotatable bonds is 7. The van der Waals surface area contributed by atoms with Crippen LogP contribution in [0.2, 0.25) is 0 Å². The Bertz CT molecular complexity index is 1090. The van der Waals surface area contributed by atoms with Gasteiger partial charge >= 0.3 is 0 Å². The Hall–Kier alpha value is -3.64. The second kappa shape index (κ2) is 8.62. The molecule has 31 heavy (non-hydrogen) atoms. The highest BCUT2D eigenvalue weighted by Gasteiger charge is 2.45. The topological polar surface area (TPSA) is 74.0 Å². The average Bonchev–Trinajstić information content (AvgIpc) is 3.41. The summed E-state index contributed by atoms with van der Waals surface area (Å²) in [4.78, 5) is 30.0. The number of aliphatic hydroxyl groups is 1. The first-order valence-electron chi connectivity index (χ1n) is 10.1. The third-order valence-electron chi connectivity index (χ3n) is 5.59. The molecule has 0 fully saturated rings. The van der Waals surface area contributed by atoms with E-state index < -0.39 is 23.5 Å². The van der Waals surface area contributed by atoms with E-state index in [1.807, 2.05) is 79.7 Å². The molecule has 1 aliphatic rings. The van der Waals surface area contributed by atoms with Gasteiger partial charge in [-0.3, -0.25) is 9.59 Å². The van der Waals surface area contributed by atoms with Gasteiger partial charge in [0.15, 0.2) is 11.5 Å². The van der Waals surface area contributed by atoms with Crippen LogP contribution >= 0.6 is 0 Å². The second-order valence-corrected chi connectivity index (χ2v) is 7.73. The smallest absolute Gasteiger partial charge is 0.290 e. The lowest BCUT2D eigenvalue weighted by Gasteiger charge is -2.33. The summed E-state index contributed by atoms with van der Waals surface area (Å²) in [6.07, 6.45) is 1.40. The number of furan rings is 1. The van der Waals surface area contributed by atoms with Gasteiger partial charge in [-0.25, -0.2) is 0 Å². The SMILES string of the molecule is CN(C)C(CN1C(=O)C(O)=C(C(=O)c2ccco2)C1c1ccccc1)c1ccccc1. The second-order valence-electron chi connectivity index (χ2n) is 7.73. The minimum Gasteiger partial charge on any atom is -0.503 e. The number of ketones is 1. The summed E-state index contributed by atoms with van der Waals surface area (Å²) >= 11 is 0. The van der Waals surface area contributed by atoms with Gasteiger partial charge in [0, 0.05) is 6.54 Å². The fourth-order valence-corrected chi connectivity index (χ4v) is 4.02. The number of hydrogen-bond donors (Lipinski definition) is 1. The summed E-state index contributed by atoms with van der Waals surface area (Å²) in [5, 5.41) is 10.8. The Morgan fingerprint density at radius 1 is 1.03 bits per heavy atom. The third-order valence-corrected chi connectivity index (χ3v) is 5.59. The molecule has 0 radical (unpaired) electrons. The molecule has 1 N–H and O–H groups in total. The van der Waals surface area contributed by atoms with Gasteiger partial charge in [0.2, 0.25) is 5.78 Å². The molecule has 2 unspecified atom stereocenters. The van der Waals surface area contributed by atoms with Crippen LogP contribution in [0.25, 0.3) is 0 Å². The number of Topliss-reactive ketones (excluding diaryl/α,β-unsaturated/α-hetero) is 1. The van der Waals surface area contributed by atoms with E-state index in [0.717, 1.165) is 11.1 Å². The first kappa shape index (κ1) is 20.6. The first-order chi connectivity index (χ1) is 15.0. The summed E-state index contributed by atoms with van der Waals surface area (Å²) < 4.78 is 5.27. The Morgan fingerprint density at radius 2 is 1.68 bits per heavy atom. The van der Waals surface area contributed by atoms with Crippen LogP contribution in [0.5, 0.6) is 0 Å². The maximum Gasteiger partial charge on any atom is 0.290 e. The standard InChI is InChI=1S/C25H24N2O4/c1-26(2)19(17-10-5-3-6-11-17)16-27-22(18-12-7-4-8-13-18)21(24(29)25(27)30)23(28)20-14-9-15-31-20/h3-15,19,22,29H,16H2,1-2H3. The average molecular weight is 416 g/mol. The van der Waals surface area contributed by atoms with Crippen LogP contribution in [0.15, 0.2) is 94.8 Å². The fraction of sp³-hybridized carbons (Fsp3) is 0.200. The highest BCUT2D eigenvalue weighted by Crippen LogP contribution is 2.40. The fourth-order valence-electron chi connectivity index (χ4n) is 4.02. The van der Waals surface area contributed by atoms with Gasteiger partial charge in [0.25, 0.3) is 5.91 Å². The van der Waals surface area contributed by atoms with Gasteiger partial charge < -0.3 is 19.3 Å². The maximum atomic E-state index is 13.2. The summed E-state index contributed by atoms with van der Waals surface area (Å²) in [7, 11) is 3.88. The molecule has 4 rings (SSSR count). The molecular formula is C25H24N2O4. The van der Waals surface area contributed by atoms with E-state index in [4.69, 9.17) is 4.42 Å². The number of carbonyl (C=O) groups is 2. The van der Waals surface area contributed by atoms with Crippen molar-refractivity contribution in [2.45, 2.75) is 12.1 Å². The molecule has 0 bridgehead atoms. The van der Waals surface area contributed by atoms with Crippen molar-refractivity contribution in [1.29, 1.82) is 0 Å². The first-order valence-corrected chi connectivity index (χ1v) is 10.1. The number of benzene rings is 2. The van der Waals surface area contributed by atoms with Crippen LogP contribution in [0, 0.1) is 0 Å². The molecule has 1 aliphatic heterocycles. The van der Waals surface area contributed by atoms with Crippen LogP contribution in [-0.4, -0.2) is 47.2 Å². The van der Waals surface area contributed by atoms with Crippen LogP contribution < -0.4 is 0 Å². The number of aliphatic hydroxyl groups excluding tert-OH is 1. The van der Waals surface area contributed by atoms with Crippen LogP contribution in [0.3, 0.4) is 0 Å². The molecule has 0 saturated carbocycles.